The Kier molecular flexibility index (Phi) is 6.57. The van der Waals surface area contributed by atoms with Gasteiger partial charge in [-0.1, -0.05) is 54.1 Å². The van der Waals surface area contributed by atoms with E-state index in [0.29, 0.717) is 29.8 Å². The molecule has 0 saturated carbocycles. The molecule has 2 N–H and O–H groups in total. The summed E-state index contributed by atoms with van der Waals surface area (Å²) in [5, 5.41) is 2.86. The van der Waals surface area contributed by atoms with Crippen LogP contribution >= 0.6 is 0 Å². The number of hydrogen-bond acceptors (Lipinski definition) is 3. The van der Waals surface area contributed by atoms with Crippen molar-refractivity contribution in [1.29, 1.82) is 0 Å². The van der Waals surface area contributed by atoms with Crippen LogP contribution in [0.2, 0.25) is 0 Å². The molecule has 3 rings (SSSR count). The predicted octanol–water partition coefficient (Wildman–Crippen LogP) is 4.39. The second-order valence-corrected chi connectivity index (χ2v) is 9.05. The summed E-state index contributed by atoms with van der Waals surface area (Å²) in [6, 6.07) is 20.1. The molecular weight excluding hydrogens is 396 g/mol. The van der Waals surface area contributed by atoms with E-state index in [0.717, 1.165) is 16.7 Å². The summed E-state index contributed by atoms with van der Waals surface area (Å²) >= 11 is 0. The van der Waals surface area contributed by atoms with Crippen LogP contribution in [0.25, 0.3) is 0 Å². The maximum absolute atomic E-state index is 13.0. The van der Waals surface area contributed by atoms with Crippen molar-refractivity contribution >= 4 is 21.6 Å². The Morgan fingerprint density at radius 2 is 1.60 bits per heavy atom. The molecular formula is C24H26N2O3S. The SMILES string of the molecule is Cc1ccc(NS(=O)(=O)c2cc(C(=O)NCCc3ccccc3)ccc2C)c(C)c1. The number of nitrogens with one attached hydrogen (secondary N) is 2. The van der Waals surface area contributed by atoms with Crippen molar-refractivity contribution in [3.63, 3.8) is 0 Å². The molecule has 3 aromatic carbocycles. The van der Waals surface area contributed by atoms with Crippen molar-refractivity contribution in [1.82, 2.24) is 5.32 Å². The number of carbonyl (C=O) groups excluding carboxylic acids is 1. The van der Waals surface area contributed by atoms with Gasteiger partial charge < -0.3 is 5.32 Å². The Balaban J connectivity index is 1.75. The molecule has 5 nitrogen and oxygen atoms in total. The first-order valence-electron chi connectivity index (χ1n) is 9.79. The summed E-state index contributed by atoms with van der Waals surface area (Å²) in [7, 11) is -3.83. The normalized spacial score (nSPS) is 11.2. The zero-order valence-electron chi connectivity index (χ0n) is 17.4. The van der Waals surface area contributed by atoms with Crippen LogP contribution in [0.1, 0.15) is 32.6 Å². The van der Waals surface area contributed by atoms with Crippen molar-refractivity contribution in [2.75, 3.05) is 11.3 Å². The molecule has 0 aliphatic heterocycles. The summed E-state index contributed by atoms with van der Waals surface area (Å²) in [4.78, 5) is 12.6. The van der Waals surface area contributed by atoms with Gasteiger partial charge in [-0.3, -0.25) is 9.52 Å². The highest BCUT2D eigenvalue weighted by atomic mass is 32.2. The Morgan fingerprint density at radius 3 is 2.30 bits per heavy atom. The molecule has 0 aliphatic rings. The number of anilines is 1. The van der Waals surface area contributed by atoms with Crippen LogP contribution in [0.5, 0.6) is 0 Å². The standard InChI is InChI=1S/C24H26N2O3S/c1-17-9-12-22(19(3)15-17)26-30(28,29)23-16-21(11-10-18(23)2)24(27)25-14-13-20-7-5-4-6-8-20/h4-12,15-16,26H,13-14H2,1-3H3,(H,25,27). The van der Waals surface area contributed by atoms with Gasteiger partial charge in [-0.25, -0.2) is 8.42 Å². The van der Waals surface area contributed by atoms with E-state index in [1.807, 2.05) is 56.3 Å². The zero-order chi connectivity index (χ0) is 21.7. The van der Waals surface area contributed by atoms with E-state index in [9.17, 15) is 13.2 Å². The summed E-state index contributed by atoms with van der Waals surface area (Å²) in [5.41, 5.74) is 4.44. The van der Waals surface area contributed by atoms with Gasteiger partial charge in [0, 0.05) is 12.1 Å². The van der Waals surface area contributed by atoms with Crippen LogP contribution < -0.4 is 10.0 Å². The van der Waals surface area contributed by atoms with E-state index in [4.69, 9.17) is 0 Å². The van der Waals surface area contributed by atoms with Gasteiger partial charge in [-0.15, -0.1) is 0 Å². The molecule has 0 spiro atoms. The number of sulfonamides is 1. The van der Waals surface area contributed by atoms with Crippen molar-refractivity contribution in [3.05, 3.63) is 94.5 Å². The molecule has 1 amide bonds. The number of carbonyl (C=O) groups is 1. The number of rotatable bonds is 7. The van der Waals surface area contributed by atoms with E-state index < -0.39 is 10.0 Å². The zero-order valence-corrected chi connectivity index (χ0v) is 18.2. The molecule has 0 bridgehead atoms. The van der Waals surface area contributed by atoms with Gasteiger partial charge in [0.2, 0.25) is 0 Å². The van der Waals surface area contributed by atoms with Crippen LogP contribution in [-0.4, -0.2) is 20.9 Å². The van der Waals surface area contributed by atoms with Gasteiger partial charge in [-0.05, 0) is 62.1 Å². The monoisotopic (exact) mass is 422 g/mol. The Hall–Kier alpha value is -3.12. The first kappa shape index (κ1) is 21.6. The number of benzene rings is 3. The van der Waals surface area contributed by atoms with Gasteiger partial charge >= 0.3 is 0 Å². The lowest BCUT2D eigenvalue weighted by Gasteiger charge is -2.14. The van der Waals surface area contributed by atoms with Crippen LogP contribution in [0.3, 0.4) is 0 Å². The average molecular weight is 423 g/mol. The van der Waals surface area contributed by atoms with Crippen molar-refractivity contribution in [2.24, 2.45) is 0 Å². The Labute approximate surface area is 178 Å². The van der Waals surface area contributed by atoms with Gasteiger partial charge in [0.25, 0.3) is 15.9 Å². The van der Waals surface area contributed by atoms with E-state index in [1.54, 1.807) is 25.1 Å². The van der Waals surface area contributed by atoms with Crippen LogP contribution in [-0.2, 0) is 16.4 Å². The number of hydrogen-bond donors (Lipinski definition) is 2. The molecule has 0 saturated heterocycles. The minimum atomic E-state index is -3.83. The van der Waals surface area contributed by atoms with Crippen LogP contribution in [0.4, 0.5) is 5.69 Å². The number of amides is 1. The third-order valence-electron chi connectivity index (χ3n) is 4.91. The fourth-order valence-corrected chi connectivity index (χ4v) is 4.63. The van der Waals surface area contributed by atoms with E-state index in [2.05, 4.69) is 10.0 Å². The first-order valence-corrected chi connectivity index (χ1v) is 11.3. The summed E-state index contributed by atoms with van der Waals surface area (Å²) < 4.78 is 28.6. The molecule has 30 heavy (non-hydrogen) atoms. The Bertz CT molecular complexity index is 1160. The fraction of sp³-hybridized carbons (Fsp3) is 0.208. The highest BCUT2D eigenvalue weighted by Crippen LogP contribution is 2.23. The lowest BCUT2D eigenvalue weighted by molar-refractivity contribution is 0.0954. The van der Waals surface area contributed by atoms with Gasteiger partial charge in [-0.2, -0.15) is 0 Å². The van der Waals surface area contributed by atoms with Gasteiger partial charge in [0.15, 0.2) is 0 Å². The molecule has 3 aromatic rings. The molecule has 6 heteroatoms. The summed E-state index contributed by atoms with van der Waals surface area (Å²) in [6.07, 6.45) is 0.706. The quantitative estimate of drug-likeness (QED) is 0.593. The molecule has 0 unspecified atom stereocenters. The van der Waals surface area contributed by atoms with E-state index in [1.165, 1.54) is 6.07 Å². The van der Waals surface area contributed by atoms with Crippen LogP contribution in [0.15, 0.2) is 71.6 Å². The first-order chi connectivity index (χ1) is 14.3. The fourth-order valence-electron chi connectivity index (χ4n) is 3.23. The third-order valence-corrected chi connectivity index (χ3v) is 6.42. The lowest BCUT2D eigenvalue weighted by atomic mass is 10.1. The molecule has 156 valence electrons. The molecule has 0 aromatic heterocycles. The molecule has 0 radical (unpaired) electrons. The smallest absolute Gasteiger partial charge is 0.262 e. The Morgan fingerprint density at radius 1 is 0.867 bits per heavy atom. The van der Waals surface area contributed by atoms with Crippen molar-refractivity contribution in [3.8, 4) is 0 Å². The summed E-state index contributed by atoms with van der Waals surface area (Å²) in [6.45, 7) is 6.00. The third kappa shape index (κ3) is 5.27. The van der Waals surface area contributed by atoms with E-state index in [-0.39, 0.29) is 10.8 Å². The second-order valence-electron chi connectivity index (χ2n) is 7.40. The largest absolute Gasteiger partial charge is 0.352 e. The molecule has 0 atom stereocenters. The summed E-state index contributed by atoms with van der Waals surface area (Å²) in [5.74, 6) is -0.297. The predicted molar refractivity (Wildman–Crippen MR) is 120 cm³/mol. The van der Waals surface area contributed by atoms with Gasteiger partial charge in [0.1, 0.15) is 0 Å². The maximum Gasteiger partial charge on any atom is 0.262 e. The molecule has 0 fully saturated rings. The van der Waals surface area contributed by atoms with Gasteiger partial charge in [0.05, 0.1) is 10.6 Å². The second kappa shape index (κ2) is 9.13. The topological polar surface area (TPSA) is 75.3 Å². The van der Waals surface area contributed by atoms with Crippen LogP contribution in [0, 0.1) is 20.8 Å². The average Bonchev–Trinajstić information content (AvgIpc) is 2.71. The number of aryl methyl sites for hydroxylation is 3. The minimum Gasteiger partial charge on any atom is -0.352 e. The highest BCUT2D eigenvalue weighted by molar-refractivity contribution is 7.92. The molecule has 0 heterocycles. The van der Waals surface area contributed by atoms with Crippen molar-refractivity contribution < 1.29 is 13.2 Å². The van der Waals surface area contributed by atoms with Crippen molar-refractivity contribution in [2.45, 2.75) is 32.1 Å². The molecule has 0 aliphatic carbocycles. The lowest BCUT2D eigenvalue weighted by Crippen LogP contribution is -2.26. The maximum atomic E-state index is 13.0. The van der Waals surface area contributed by atoms with E-state index >= 15 is 0 Å². The minimum absolute atomic E-state index is 0.0955. The highest BCUT2D eigenvalue weighted by Gasteiger charge is 2.20.